The van der Waals surface area contributed by atoms with Crippen molar-refractivity contribution in [3.63, 3.8) is 0 Å². The van der Waals surface area contributed by atoms with Crippen LogP contribution in [0.4, 0.5) is 8.78 Å². The van der Waals surface area contributed by atoms with Crippen LogP contribution in [0.3, 0.4) is 0 Å². The molecule has 5 heteroatoms. The molecule has 1 aromatic carbocycles. The molecule has 0 heterocycles. The van der Waals surface area contributed by atoms with Crippen LogP contribution in [0, 0.1) is 17.0 Å². The van der Waals surface area contributed by atoms with Crippen molar-refractivity contribution in [1.29, 1.82) is 0 Å². The van der Waals surface area contributed by atoms with Crippen molar-refractivity contribution in [2.45, 2.75) is 19.9 Å². The molecule has 1 aromatic rings. The van der Waals surface area contributed by atoms with E-state index in [0.29, 0.717) is 6.07 Å². The summed E-state index contributed by atoms with van der Waals surface area (Å²) in [5, 5.41) is 18.6. The number of phenols is 1. The molecule has 0 amide bonds. The first-order chi connectivity index (χ1) is 7.29. The Labute approximate surface area is 92.5 Å². The van der Waals surface area contributed by atoms with E-state index in [9.17, 15) is 13.9 Å². The van der Waals surface area contributed by atoms with Gasteiger partial charge in [0.2, 0.25) is 0 Å². The van der Waals surface area contributed by atoms with Crippen molar-refractivity contribution in [2.75, 3.05) is 6.61 Å². The Morgan fingerprint density at radius 1 is 1.38 bits per heavy atom. The molecule has 1 atom stereocenters. The van der Waals surface area contributed by atoms with Gasteiger partial charge >= 0.3 is 0 Å². The monoisotopic (exact) mass is 231 g/mol. The molecule has 0 radical (unpaired) electrons. The fraction of sp³-hybridized carbons (Fsp3) is 0.455. The van der Waals surface area contributed by atoms with Gasteiger partial charge in [0.1, 0.15) is 17.4 Å². The van der Waals surface area contributed by atoms with E-state index in [1.54, 1.807) is 13.8 Å². The van der Waals surface area contributed by atoms with Crippen molar-refractivity contribution >= 4 is 0 Å². The minimum atomic E-state index is -0.918. The lowest BCUT2D eigenvalue weighted by atomic mass is 9.81. The van der Waals surface area contributed by atoms with Crippen LogP contribution in [0.5, 0.6) is 5.75 Å². The van der Waals surface area contributed by atoms with E-state index in [2.05, 4.69) is 0 Å². The average Bonchev–Trinajstić information content (AvgIpc) is 2.15. The predicted octanol–water partition coefficient (Wildman–Crippen LogP) is 1.69. The van der Waals surface area contributed by atoms with Crippen molar-refractivity contribution in [1.82, 2.24) is 0 Å². The van der Waals surface area contributed by atoms with Crippen LogP contribution >= 0.6 is 0 Å². The lowest BCUT2D eigenvalue weighted by Crippen LogP contribution is -2.33. The van der Waals surface area contributed by atoms with E-state index < -0.39 is 28.8 Å². The lowest BCUT2D eigenvalue weighted by molar-refractivity contribution is 0.129. The van der Waals surface area contributed by atoms with Crippen LogP contribution < -0.4 is 5.73 Å². The third-order valence-corrected chi connectivity index (χ3v) is 2.63. The van der Waals surface area contributed by atoms with E-state index in [0.717, 1.165) is 6.07 Å². The molecule has 0 aliphatic rings. The molecule has 0 bridgehead atoms. The summed E-state index contributed by atoms with van der Waals surface area (Å²) >= 11 is 0. The first-order valence-corrected chi connectivity index (χ1v) is 4.84. The van der Waals surface area contributed by atoms with Gasteiger partial charge in [0.05, 0.1) is 0 Å². The highest BCUT2D eigenvalue weighted by Crippen LogP contribution is 2.37. The van der Waals surface area contributed by atoms with E-state index in [1.807, 2.05) is 0 Å². The van der Waals surface area contributed by atoms with E-state index in [4.69, 9.17) is 10.8 Å². The molecule has 90 valence electrons. The summed E-state index contributed by atoms with van der Waals surface area (Å²) in [6.45, 7) is 2.98. The van der Waals surface area contributed by atoms with Gasteiger partial charge in [0.25, 0.3) is 0 Å². The first kappa shape index (κ1) is 12.9. The zero-order valence-electron chi connectivity index (χ0n) is 9.17. The van der Waals surface area contributed by atoms with Gasteiger partial charge in [-0.2, -0.15) is 0 Å². The molecule has 0 aliphatic heterocycles. The van der Waals surface area contributed by atoms with E-state index in [-0.39, 0.29) is 12.2 Å². The average molecular weight is 231 g/mol. The first-order valence-electron chi connectivity index (χ1n) is 4.84. The number of nitrogens with two attached hydrogens (primary N) is 1. The summed E-state index contributed by atoms with van der Waals surface area (Å²) in [5.74, 6) is -2.31. The van der Waals surface area contributed by atoms with Crippen LogP contribution in [0.1, 0.15) is 25.5 Å². The molecular weight excluding hydrogens is 216 g/mol. The van der Waals surface area contributed by atoms with Gasteiger partial charge < -0.3 is 15.9 Å². The number of hydrogen-bond donors (Lipinski definition) is 3. The summed E-state index contributed by atoms with van der Waals surface area (Å²) in [5.41, 5.74) is 4.76. The number of hydrogen-bond acceptors (Lipinski definition) is 3. The zero-order chi connectivity index (χ0) is 12.5. The third-order valence-electron chi connectivity index (χ3n) is 2.63. The maximum atomic E-state index is 13.5. The Balaban J connectivity index is 3.24. The molecule has 0 aromatic heterocycles. The molecule has 1 rings (SSSR count). The molecule has 0 aliphatic carbocycles. The van der Waals surface area contributed by atoms with Gasteiger partial charge in [-0.25, -0.2) is 8.78 Å². The Hall–Kier alpha value is -1.20. The Morgan fingerprint density at radius 2 is 1.94 bits per heavy atom. The Bertz CT molecular complexity index is 371. The van der Waals surface area contributed by atoms with Crippen LogP contribution in [-0.2, 0) is 0 Å². The smallest absolute Gasteiger partial charge is 0.134 e. The number of aromatic hydroxyl groups is 1. The van der Waals surface area contributed by atoms with E-state index >= 15 is 0 Å². The van der Waals surface area contributed by atoms with Crippen molar-refractivity contribution in [3.05, 3.63) is 29.3 Å². The highest BCUT2D eigenvalue weighted by Gasteiger charge is 2.31. The Kier molecular flexibility index (Phi) is 3.50. The van der Waals surface area contributed by atoms with Crippen molar-refractivity contribution < 1.29 is 19.0 Å². The van der Waals surface area contributed by atoms with Crippen molar-refractivity contribution in [3.8, 4) is 5.75 Å². The molecule has 4 N–H and O–H groups in total. The van der Waals surface area contributed by atoms with Crippen LogP contribution in [-0.4, -0.2) is 16.8 Å². The molecule has 0 spiro atoms. The van der Waals surface area contributed by atoms with Gasteiger partial charge in [-0.3, -0.25) is 0 Å². The highest BCUT2D eigenvalue weighted by molar-refractivity contribution is 5.37. The number of aliphatic hydroxyl groups excluding tert-OH is 1. The molecule has 0 saturated heterocycles. The summed E-state index contributed by atoms with van der Waals surface area (Å²) in [4.78, 5) is 0. The van der Waals surface area contributed by atoms with Crippen LogP contribution in [0.2, 0.25) is 0 Å². The zero-order valence-corrected chi connectivity index (χ0v) is 9.17. The molecule has 16 heavy (non-hydrogen) atoms. The van der Waals surface area contributed by atoms with Gasteiger partial charge in [-0.1, -0.05) is 13.8 Å². The minimum absolute atomic E-state index is 0.180. The largest absolute Gasteiger partial charge is 0.507 e. The standard InChI is InChI=1S/C11H15F2NO2/c1-11(2,5-15)10(14)9-7(13)3-6(12)4-8(9)16/h3-4,10,15-16H,5,14H2,1-2H3/t10-/m1/s1. The second kappa shape index (κ2) is 4.35. The van der Waals surface area contributed by atoms with Crippen LogP contribution in [0.25, 0.3) is 0 Å². The maximum Gasteiger partial charge on any atom is 0.134 e. The number of halogens is 2. The summed E-state index contributed by atoms with van der Waals surface area (Å²) in [7, 11) is 0. The Morgan fingerprint density at radius 3 is 2.38 bits per heavy atom. The lowest BCUT2D eigenvalue weighted by Gasteiger charge is -2.30. The second-order valence-electron chi connectivity index (χ2n) is 4.44. The fourth-order valence-corrected chi connectivity index (χ4v) is 1.37. The van der Waals surface area contributed by atoms with Crippen LogP contribution in [0.15, 0.2) is 12.1 Å². The normalized spacial score (nSPS) is 13.9. The quantitative estimate of drug-likeness (QED) is 0.741. The molecule has 0 fully saturated rings. The molecule has 3 nitrogen and oxygen atoms in total. The van der Waals surface area contributed by atoms with Crippen molar-refractivity contribution in [2.24, 2.45) is 11.1 Å². The van der Waals surface area contributed by atoms with Gasteiger partial charge in [0, 0.05) is 35.8 Å². The summed E-state index contributed by atoms with van der Waals surface area (Å²) < 4.78 is 26.2. The predicted molar refractivity (Wildman–Crippen MR) is 55.8 cm³/mol. The molecule has 0 unspecified atom stereocenters. The number of rotatable bonds is 3. The third kappa shape index (κ3) is 2.31. The number of phenolic OH excluding ortho intramolecular Hbond substituents is 1. The summed E-state index contributed by atoms with van der Waals surface area (Å²) in [6.07, 6.45) is 0. The molecule has 0 saturated carbocycles. The van der Waals surface area contributed by atoms with Gasteiger partial charge in [0.15, 0.2) is 0 Å². The molecular formula is C11H15F2NO2. The summed E-state index contributed by atoms with van der Waals surface area (Å²) in [6, 6.07) is 0.534. The number of aliphatic hydroxyl groups is 1. The van der Waals surface area contributed by atoms with Gasteiger partial charge in [-0.15, -0.1) is 0 Å². The topological polar surface area (TPSA) is 66.5 Å². The van der Waals surface area contributed by atoms with Gasteiger partial charge in [-0.05, 0) is 0 Å². The van der Waals surface area contributed by atoms with E-state index in [1.165, 1.54) is 0 Å². The number of benzene rings is 1. The minimum Gasteiger partial charge on any atom is -0.507 e. The SMILES string of the molecule is CC(C)(CO)[C@H](N)c1c(O)cc(F)cc1F. The second-order valence-corrected chi connectivity index (χ2v) is 4.44. The fourth-order valence-electron chi connectivity index (χ4n) is 1.37. The maximum absolute atomic E-state index is 13.5. The highest BCUT2D eigenvalue weighted by atomic mass is 19.1.